The minimum absolute atomic E-state index is 0.818. The molecule has 1 aromatic rings. The second-order valence-corrected chi connectivity index (χ2v) is 4.95. The van der Waals surface area contributed by atoms with Crippen LogP contribution in [-0.2, 0) is 0 Å². The summed E-state index contributed by atoms with van der Waals surface area (Å²) in [6.45, 7) is 4.56. The Labute approximate surface area is 104 Å². The van der Waals surface area contributed by atoms with Crippen LogP contribution in [0.5, 0.6) is 5.75 Å². The maximum atomic E-state index is 6.09. The van der Waals surface area contributed by atoms with Crippen molar-refractivity contribution in [3.63, 3.8) is 0 Å². The Bertz CT molecular complexity index is 378. The fourth-order valence-corrected chi connectivity index (χ4v) is 2.45. The number of benzene rings is 1. The summed E-state index contributed by atoms with van der Waals surface area (Å²) in [6.07, 6.45) is 3.84. The highest BCUT2D eigenvalue weighted by Crippen LogP contribution is 2.30. The van der Waals surface area contributed by atoms with Crippen LogP contribution >= 0.6 is 0 Å². The molecule has 17 heavy (non-hydrogen) atoms. The summed E-state index contributed by atoms with van der Waals surface area (Å²) in [4.78, 5) is 2.40. The van der Waals surface area contributed by atoms with Crippen molar-refractivity contribution in [1.82, 2.24) is 0 Å². The Balaban J connectivity index is 2.15. The monoisotopic (exact) mass is 234 g/mol. The van der Waals surface area contributed by atoms with Crippen molar-refractivity contribution < 1.29 is 4.74 Å². The van der Waals surface area contributed by atoms with Crippen LogP contribution in [0.25, 0.3) is 0 Å². The van der Waals surface area contributed by atoms with E-state index in [1.54, 1.807) is 7.11 Å². The van der Waals surface area contributed by atoms with Gasteiger partial charge in [0.05, 0.1) is 18.5 Å². The van der Waals surface area contributed by atoms with Crippen molar-refractivity contribution >= 4 is 11.4 Å². The van der Waals surface area contributed by atoms with E-state index in [2.05, 4.69) is 17.9 Å². The zero-order chi connectivity index (χ0) is 12.3. The lowest BCUT2D eigenvalue weighted by atomic mass is 10.0. The predicted octanol–water partition coefficient (Wildman–Crippen LogP) is 2.90. The Hall–Kier alpha value is -1.38. The van der Waals surface area contributed by atoms with Gasteiger partial charge in [-0.3, -0.25) is 0 Å². The van der Waals surface area contributed by atoms with Crippen molar-refractivity contribution in [2.24, 2.45) is 5.92 Å². The molecule has 1 aromatic carbocycles. The molecule has 1 aliphatic heterocycles. The van der Waals surface area contributed by atoms with Gasteiger partial charge in [0.15, 0.2) is 0 Å². The number of rotatable bonds is 2. The SMILES string of the molecule is COc1ccc(N2CCCC(C)CC2)c(N)c1. The molecule has 1 saturated heterocycles. The summed E-state index contributed by atoms with van der Waals surface area (Å²) in [7, 11) is 1.67. The third kappa shape index (κ3) is 2.84. The van der Waals surface area contributed by atoms with Crippen molar-refractivity contribution in [3.05, 3.63) is 18.2 Å². The van der Waals surface area contributed by atoms with Crippen LogP contribution in [0, 0.1) is 5.92 Å². The number of nitrogens with zero attached hydrogens (tertiary/aromatic N) is 1. The minimum atomic E-state index is 0.818. The van der Waals surface area contributed by atoms with E-state index in [1.165, 1.54) is 19.3 Å². The Morgan fingerprint density at radius 1 is 1.29 bits per heavy atom. The number of methoxy groups -OCH3 is 1. The van der Waals surface area contributed by atoms with E-state index >= 15 is 0 Å². The maximum absolute atomic E-state index is 6.09. The van der Waals surface area contributed by atoms with Crippen molar-refractivity contribution in [2.45, 2.75) is 26.2 Å². The molecule has 1 unspecified atom stereocenters. The molecular formula is C14H22N2O. The average Bonchev–Trinajstić information content (AvgIpc) is 2.54. The molecule has 1 aliphatic rings. The van der Waals surface area contributed by atoms with Crippen LogP contribution in [-0.4, -0.2) is 20.2 Å². The summed E-state index contributed by atoms with van der Waals surface area (Å²) in [5.41, 5.74) is 8.06. The third-order valence-electron chi connectivity index (χ3n) is 3.59. The lowest BCUT2D eigenvalue weighted by Crippen LogP contribution is -2.25. The fourth-order valence-electron chi connectivity index (χ4n) is 2.45. The van der Waals surface area contributed by atoms with Crippen molar-refractivity contribution in [1.29, 1.82) is 0 Å². The largest absolute Gasteiger partial charge is 0.497 e. The highest BCUT2D eigenvalue weighted by atomic mass is 16.5. The molecule has 0 radical (unpaired) electrons. The first-order valence-corrected chi connectivity index (χ1v) is 6.39. The molecule has 0 spiro atoms. The molecule has 0 aromatic heterocycles. The molecule has 1 atom stereocenters. The van der Waals surface area contributed by atoms with Crippen LogP contribution in [0.2, 0.25) is 0 Å². The van der Waals surface area contributed by atoms with Gasteiger partial charge in [-0.05, 0) is 37.3 Å². The normalized spacial score (nSPS) is 21.1. The van der Waals surface area contributed by atoms with Gasteiger partial charge in [0.2, 0.25) is 0 Å². The number of ether oxygens (including phenoxy) is 1. The van der Waals surface area contributed by atoms with E-state index < -0.39 is 0 Å². The average molecular weight is 234 g/mol. The summed E-state index contributed by atoms with van der Waals surface area (Å²) < 4.78 is 5.18. The molecular weight excluding hydrogens is 212 g/mol. The zero-order valence-corrected chi connectivity index (χ0v) is 10.8. The van der Waals surface area contributed by atoms with Gasteiger partial charge >= 0.3 is 0 Å². The Morgan fingerprint density at radius 2 is 2.12 bits per heavy atom. The summed E-state index contributed by atoms with van der Waals surface area (Å²) in [6, 6.07) is 5.97. The molecule has 3 heteroatoms. The van der Waals surface area contributed by atoms with Gasteiger partial charge in [-0.1, -0.05) is 6.92 Å². The number of anilines is 2. The Morgan fingerprint density at radius 3 is 2.82 bits per heavy atom. The first-order chi connectivity index (χ1) is 8.20. The van der Waals surface area contributed by atoms with Gasteiger partial charge in [0.1, 0.15) is 5.75 Å². The highest BCUT2D eigenvalue weighted by molar-refractivity contribution is 5.69. The quantitative estimate of drug-likeness (QED) is 0.800. The minimum Gasteiger partial charge on any atom is -0.497 e. The second kappa shape index (κ2) is 5.30. The molecule has 2 rings (SSSR count). The van der Waals surface area contributed by atoms with Gasteiger partial charge in [-0.15, -0.1) is 0 Å². The van der Waals surface area contributed by atoms with Gasteiger partial charge in [0.25, 0.3) is 0 Å². The molecule has 2 N–H and O–H groups in total. The van der Waals surface area contributed by atoms with Crippen LogP contribution in [0.15, 0.2) is 18.2 Å². The van der Waals surface area contributed by atoms with E-state index in [0.29, 0.717) is 0 Å². The molecule has 3 nitrogen and oxygen atoms in total. The van der Waals surface area contributed by atoms with Gasteiger partial charge < -0.3 is 15.4 Å². The zero-order valence-electron chi connectivity index (χ0n) is 10.8. The van der Waals surface area contributed by atoms with Gasteiger partial charge in [-0.25, -0.2) is 0 Å². The van der Waals surface area contributed by atoms with Crippen molar-refractivity contribution in [2.75, 3.05) is 30.8 Å². The first kappa shape index (κ1) is 12.1. The van der Waals surface area contributed by atoms with Crippen LogP contribution < -0.4 is 15.4 Å². The van der Waals surface area contributed by atoms with E-state index in [9.17, 15) is 0 Å². The standard InChI is InChI=1S/C14H22N2O/c1-11-4-3-8-16(9-7-11)14-6-5-12(17-2)10-13(14)15/h5-6,10-11H,3-4,7-9,15H2,1-2H3. The molecule has 0 aliphatic carbocycles. The topological polar surface area (TPSA) is 38.5 Å². The maximum Gasteiger partial charge on any atom is 0.121 e. The molecule has 1 heterocycles. The molecule has 0 amide bonds. The lowest BCUT2D eigenvalue weighted by molar-refractivity contribution is 0.415. The highest BCUT2D eigenvalue weighted by Gasteiger charge is 2.16. The number of hydrogen-bond acceptors (Lipinski definition) is 3. The summed E-state index contributed by atoms with van der Waals surface area (Å²) in [5, 5.41) is 0. The molecule has 1 fully saturated rings. The molecule has 0 saturated carbocycles. The van der Waals surface area contributed by atoms with E-state index in [-0.39, 0.29) is 0 Å². The summed E-state index contributed by atoms with van der Waals surface area (Å²) in [5.74, 6) is 1.66. The summed E-state index contributed by atoms with van der Waals surface area (Å²) >= 11 is 0. The number of nitrogen functional groups attached to an aromatic ring is 1. The predicted molar refractivity (Wildman–Crippen MR) is 72.6 cm³/mol. The van der Waals surface area contributed by atoms with Crippen molar-refractivity contribution in [3.8, 4) is 5.75 Å². The molecule has 0 bridgehead atoms. The van der Waals surface area contributed by atoms with Crippen LogP contribution in [0.1, 0.15) is 26.2 Å². The number of nitrogens with two attached hydrogens (primary N) is 1. The van der Waals surface area contributed by atoms with Crippen LogP contribution in [0.3, 0.4) is 0 Å². The molecule has 94 valence electrons. The van der Waals surface area contributed by atoms with Gasteiger partial charge in [0, 0.05) is 19.2 Å². The number of hydrogen-bond donors (Lipinski definition) is 1. The Kier molecular flexibility index (Phi) is 3.77. The lowest BCUT2D eigenvalue weighted by Gasteiger charge is -2.24. The fraction of sp³-hybridized carbons (Fsp3) is 0.571. The third-order valence-corrected chi connectivity index (χ3v) is 3.59. The van der Waals surface area contributed by atoms with E-state index in [0.717, 1.165) is 36.1 Å². The second-order valence-electron chi connectivity index (χ2n) is 4.95. The van der Waals surface area contributed by atoms with E-state index in [4.69, 9.17) is 10.5 Å². The van der Waals surface area contributed by atoms with Crippen LogP contribution in [0.4, 0.5) is 11.4 Å². The first-order valence-electron chi connectivity index (χ1n) is 6.39. The van der Waals surface area contributed by atoms with E-state index in [1.807, 2.05) is 12.1 Å². The van der Waals surface area contributed by atoms with Gasteiger partial charge in [-0.2, -0.15) is 0 Å². The smallest absolute Gasteiger partial charge is 0.121 e.